The molecule has 1 amide bonds. The highest BCUT2D eigenvalue weighted by Gasteiger charge is 2.63. The van der Waals surface area contributed by atoms with E-state index in [1.54, 1.807) is 19.9 Å². The first-order valence-electron chi connectivity index (χ1n) is 18.6. The van der Waals surface area contributed by atoms with E-state index in [0.29, 0.717) is 42.9 Å². The largest absolute Gasteiger partial charge is 0.461 e. The molecule has 20 heteroatoms. The molecule has 9 nitrogen and oxygen atoms in total. The van der Waals surface area contributed by atoms with Gasteiger partial charge in [-0.1, -0.05) is 6.07 Å². The van der Waals surface area contributed by atoms with Crippen LogP contribution >= 0.6 is 11.3 Å². The Morgan fingerprint density at radius 2 is 1.86 bits per heavy atom. The zero-order chi connectivity index (χ0) is 41.9. The number of rotatable bonds is 8. The van der Waals surface area contributed by atoms with Gasteiger partial charge < -0.3 is 20.3 Å². The third kappa shape index (κ3) is 6.43. The molecule has 58 heavy (non-hydrogen) atoms. The van der Waals surface area contributed by atoms with Crippen molar-refractivity contribution in [2.24, 2.45) is 5.92 Å². The van der Waals surface area contributed by atoms with Crippen LogP contribution in [0.5, 0.6) is 6.01 Å². The first kappa shape index (κ1) is 40.2. The van der Waals surface area contributed by atoms with Gasteiger partial charge in [0.05, 0.1) is 38.5 Å². The number of anilines is 2. The second kappa shape index (κ2) is 13.7. The molecule has 0 radical (unpaired) electrons. The normalized spacial score (nSPS) is 25.7. The average Bonchev–Trinajstić information content (AvgIpc) is 3.54. The van der Waals surface area contributed by atoms with Crippen molar-refractivity contribution in [2.45, 2.75) is 88.0 Å². The van der Waals surface area contributed by atoms with Crippen molar-refractivity contribution in [2.75, 3.05) is 43.4 Å². The van der Waals surface area contributed by atoms with E-state index in [9.17, 15) is 23.2 Å². The number of nitriles is 1. The first-order valence-corrected chi connectivity index (χ1v) is 19.4. The van der Waals surface area contributed by atoms with Gasteiger partial charge in [-0.2, -0.15) is 41.6 Å². The summed E-state index contributed by atoms with van der Waals surface area (Å²) in [7, 11) is 0. The fourth-order valence-electron chi connectivity index (χ4n) is 9.32. The van der Waals surface area contributed by atoms with Crippen LogP contribution in [0.3, 0.4) is 0 Å². The predicted molar refractivity (Wildman–Crippen MR) is 194 cm³/mol. The van der Waals surface area contributed by atoms with Crippen molar-refractivity contribution in [1.82, 2.24) is 19.8 Å². The summed E-state index contributed by atoms with van der Waals surface area (Å²) in [6, 6.07) is 1.27. The summed E-state index contributed by atoms with van der Waals surface area (Å²) < 4.78 is 157. The standard InChI is InChI=1S/C38H35F10N7O2S/c1-3-54(25-7-10-55(17(25)2)33(56)23-13-36(23,41)42)32-20-11-22(37(43,44)45)27(19-5-6-24(40)30-26(19)21(14-49)31(50)58-30)28(38(46,47)48)29(20)51-34(52-32)57-16-35-8-4-9-53(35)15-18(39)12-35/h5-6,11,17-18,23,25H,3-4,7-10,12-13,15-16,50H2,1-2H3/t17-,18+,23-,25-,35-/m0/s1. The van der Waals surface area contributed by atoms with Crippen molar-refractivity contribution in [3.63, 3.8) is 0 Å². The van der Waals surface area contributed by atoms with E-state index >= 15 is 30.7 Å². The molecule has 2 aromatic heterocycles. The molecule has 4 aromatic rings. The molecule has 5 atom stereocenters. The average molecular weight is 844 g/mol. The van der Waals surface area contributed by atoms with E-state index in [0.717, 1.165) is 6.07 Å². The molecule has 8 rings (SSSR count). The molecular formula is C38H35F10N7O2S. The number of carbonyl (C=O) groups excluding carboxylic acids is 1. The Balaban J connectivity index is 1.38. The predicted octanol–water partition coefficient (Wildman–Crippen LogP) is 8.57. The summed E-state index contributed by atoms with van der Waals surface area (Å²) in [6.07, 6.45) is -11.5. The fraction of sp³-hybridized carbons (Fsp3) is 0.526. The molecule has 0 bridgehead atoms. The Hall–Kier alpha value is -4.64. The number of alkyl halides is 9. The van der Waals surface area contributed by atoms with Gasteiger partial charge in [0.2, 0.25) is 5.91 Å². The molecule has 3 saturated heterocycles. The summed E-state index contributed by atoms with van der Waals surface area (Å²) in [4.78, 5) is 26.2. The summed E-state index contributed by atoms with van der Waals surface area (Å²) in [6.45, 7) is 3.44. The molecule has 1 aliphatic carbocycles. The lowest BCUT2D eigenvalue weighted by atomic mass is 9.88. The minimum atomic E-state index is -5.59. The molecule has 1 saturated carbocycles. The Labute approximate surface area is 328 Å². The van der Waals surface area contributed by atoms with Gasteiger partial charge in [-0.05, 0) is 57.4 Å². The number of carbonyl (C=O) groups is 1. The number of benzene rings is 2. The van der Waals surface area contributed by atoms with Crippen LogP contribution in [0.4, 0.5) is 54.7 Å². The number of amides is 1. The number of thiophene rings is 1. The summed E-state index contributed by atoms with van der Waals surface area (Å²) >= 11 is 0.494. The van der Waals surface area contributed by atoms with Gasteiger partial charge in [-0.25, -0.2) is 17.6 Å². The second-order valence-electron chi connectivity index (χ2n) is 15.4. The number of likely N-dealkylation sites (tertiary alicyclic amines) is 1. The molecule has 0 spiro atoms. The van der Waals surface area contributed by atoms with Crippen LogP contribution in [0, 0.1) is 23.1 Å². The van der Waals surface area contributed by atoms with Gasteiger partial charge in [-0.15, -0.1) is 11.3 Å². The Morgan fingerprint density at radius 1 is 1.14 bits per heavy atom. The van der Waals surface area contributed by atoms with Crippen LogP contribution in [0.15, 0.2) is 18.2 Å². The highest BCUT2D eigenvalue weighted by atomic mass is 32.1. The van der Waals surface area contributed by atoms with E-state index in [-0.39, 0.29) is 44.1 Å². The molecule has 310 valence electrons. The summed E-state index contributed by atoms with van der Waals surface area (Å²) in [5, 5.41) is 8.34. The third-order valence-corrected chi connectivity index (χ3v) is 13.1. The number of aromatic nitrogens is 2. The number of ether oxygens (including phenoxy) is 1. The van der Waals surface area contributed by atoms with E-state index in [1.165, 1.54) is 9.80 Å². The maximum atomic E-state index is 15.7. The lowest BCUT2D eigenvalue weighted by Gasteiger charge is -2.35. The van der Waals surface area contributed by atoms with Crippen LogP contribution in [0.2, 0.25) is 0 Å². The quantitative estimate of drug-likeness (QED) is 0.176. The number of hydrogen-bond donors (Lipinski definition) is 1. The van der Waals surface area contributed by atoms with Gasteiger partial charge in [0, 0.05) is 54.9 Å². The molecule has 2 aromatic carbocycles. The van der Waals surface area contributed by atoms with Crippen LogP contribution in [0.1, 0.15) is 62.6 Å². The molecule has 2 N–H and O–H groups in total. The van der Waals surface area contributed by atoms with Crippen molar-refractivity contribution in [1.29, 1.82) is 5.26 Å². The van der Waals surface area contributed by atoms with Crippen LogP contribution < -0.4 is 15.4 Å². The van der Waals surface area contributed by atoms with Crippen LogP contribution in [-0.2, 0) is 17.1 Å². The zero-order valence-electron chi connectivity index (χ0n) is 30.9. The smallest absolute Gasteiger partial charge is 0.419 e. The maximum absolute atomic E-state index is 15.7. The number of nitrogens with two attached hydrogens (primary N) is 1. The molecular weight excluding hydrogens is 809 g/mol. The van der Waals surface area contributed by atoms with Gasteiger partial charge >= 0.3 is 18.4 Å². The second-order valence-corrected chi connectivity index (χ2v) is 16.5. The minimum Gasteiger partial charge on any atom is -0.461 e. The number of nitrogens with zero attached hydrogens (tertiary/aromatic N) is 6. The van der Waals surface area contributed by atoms with Crippen molar-refractivity contribution in [3.05, 3.63) is 40.7 Å². The number of fused-ring (bicyclic) bond motifs is 3. The van der Waals surface area contributed by atoms with E-state index < -0.39 is 127 Å². The SMILES string of the molecule is CCN(c1nc(OC[C@@]23CCCN2C[C@H](F)C3)nc2c(C(F)(F)F)c(-c3ccc(F)c4sc(N)c(C#N)c34)c(C(F)(F)F)cc12)[C@H]1CCN(C(=O)[C@@H]2CC2(F)F)[C@H]1C. The van der Waals surface area contributed by atoms with Gasteiger partial charge in [0.25, 0.3) is 5.92 Å². The topological polar surface area (TPSA) is 112 Å². The monoisotopic (exact) mass is 843 g/mol. The summed E-state index contributed by atoms with van der Waals surface area (Å²) in [5.74, 6) is -6.95. The molecule has 4 aliphatic rings. The van der Waals surface area contributed by atoms with Crippen molar-refractivity contribution < 1.29 is 53.4 Å². The lowest BCUT2D eigenvalue weighted by molar-refractivity contribution is -0.141. The number of halogens is 10. The molecule has 5 heterocycles. The van der Waals surface area contributed by atoms with Crippen LogP contribution in [0.25, 0.3) is 32.1 Å². The highest BCUT2D eigenvalue weighted by molar-refractivity contribution is 7.23. The Kier molecular flexibility index (Phi) is 9.49. The minimum absolute atomic E-state index is 0.0137. The van der Waals surface area contributed by atoms with Gasteiger partial charge in [0.15, 0.2) is 0 Å². The lowest BCUT2D eigenvalue weighted by Crippen LogP contribution is -2.46. The fourth-order valence-corrected chi connectivity index (χ4v) is 10.3. The molecule has 0 unspecified atom stereocenters. The Morgan fingerprint density at radius 3 is 2.50 bits per heavy atom. The first-order chi connectivity index (χ1) is 27.2. The summed E-state index contributed by atoms with van der Waals surface area (Å²) in [5.41, 5.74) is -2.31. The van der Waals surface area contributed by atoms with Gasteiger partial charge in [-0.3, -0.25) is 9.69 Å². The van der Waals surface area contributed by atoms with Crippen molar-refractivity contribution >= 4 is 49.1 Å². The zero-order valence-corrected chi connectivity index (χ0v) is 31.7. The van der Waals surface area contributed by atoms with E-state index in [4.69, 9.17) is 10.5 Å². The van der Waals surface area contributed by atoms with E-state index in [2.05, 4.69) is 9.97 Å². The highest BCUT2D eigenvalue weighted by Crippen LogP contribution is 2.53. The van der Waals surface area contributed by atoms with E-state index in [1.807, 2.05) is 4.90 Å². The van der Waals surface area contributed by atoms with Gasteiger partial charge in [0.1, 0.15) is 41.4 Å². The maximum Gasteiger partial charge on any atom is 0.419 e. The van der Waals surface area contributed by atoms with Crippen molar-refractivity contribution in [3.8, 4) is 23.2 Å². The number of hydrogen-bond acceptors (Lipinski definition) is 9. The molecule has 4 fully saturated rings. The van der Waals surface area contributed by atoms with Crippen LogP contribution in [-0.4, -0.2) is 88.2 Å². The Bertz CT molecular complexity index is 2380. The number of nitrogen functional groups attached to an aromatic ring is 1. The third-order valence-electron chi connectivity index (χ3n) is 12.1. The number of likely N-dealkylation sites (N-methyl/N-ethyl adjacent to an activating group) is 1. The molecule has 3 aliphatic heterocycles.